The second-order valence-corrected chi connectivity index (χ2v) is 17.2. The number of nitriles is 1. The fourth-order valence-corrected chi connectivity index (χ4v) is 10.2. The SMILES string of the molecule is N#Cc1ccc(N2CCC3(CCN(c4ccc(C(=O)N5CCC(CN6CCc7cc8c(cc7C6)C(=O)N(C6CCC(=O)NC6=O)C8=O)CC5)cc4)CC3)C2)cc1Cl. The fraction of sp³-hybridized carbons (Fsp3) is 0.455. The quantitative estimate of drug-likeness (QED) is 0.342. The number of likely N-dealkylation sites (tertiary alicyclic amines) is 1. The van der Waals surface area contributed by atoms with Gasteiger partial charge < -0.3 is 14.7 Å². The number of fused-ring (bicyclic) bond motifs is 2. The minimum Gasteiger partial charge on any atom is -0.371 e. The van der Waals surface area contributed by atoms with Crippen LogP contribution in [0.15, 0.2) is 54.6 Å². The molecule has 1 atom stereocenters. The number of halogens is 1. The Hall–Kier alpha value is -5.25. The molecular weight excluding hydrogens is 742 g/mol. The summed E-state index contributed by atoms with van der Waals surface area (Å²) in [5.41, 5.74) is 6.51. The van der Waals surface area contributed by atoms with Crippen molar-refractivity contribution in [1.29, 1.82) is 5.26 Å². The molecule has 1 unspecified atom stereocenters. The molecule has 6 heterocycles. The molecule has 0 aliphatic carbocycles. The van der Waals surface area contributed by atoms with Crippen LogP contribution in [0.3, 0.4) is 0 Å². The van der Waals surface area contributed by atoms with Crippen LogP contribution in [0.1, 0.15) is 92.7 Å². The van der Waals surface area contributed by atoms with Crippen molar-refractivity contribution in [3.63, 3.8) is 0 Å². The summed E-state index contributed by atoms with van der Waals surface area (Å²) in [6, 6.07) is 18.7. The van der Waals surface area contributed by atoms with Crippen LogP contribution in [-0.4, -0.2) is 103 Å². The Morgan fingerprint density at radius 3 is 2.12 bits per heavy atom. The zero-order valence-corrected chi connectivity index (χ0v) is 32.7. The molecule has 0 radical (unpaired) electrons. The number of imide groups is 2. The van der Waals surface area contributed by atoms with Gasteiger partial charge >= 0.3 is 0 Å². The standard InChI is InChI=1S/C44H46ClN7O5/c45-37-23-34(6-3-31(37)24-46)51-20-14-44(27-51)12-18-49(19-13-44)33-4-1-29(2-5-33)41(55)50-16-9-28(10-17-50)25-48-15-11-30-21-35-36(22-32(30)26-48)43(57)52(42(35)56)38-7-8-39(53)47-40(38)54/h1-6,21-23,28,38H,7-20,25-27H2,(H,47,53,54). The van der Waals surface area contributed by atoms with Crippen molar-refractivity contribution in [2.45, 2.75) is 64.0 Å². The molecule has 1 N–H and O–H groups in total. The van der Waals surface area contributed by atoms with Crippen molar-refractivity contribution in [3.8, 4) is 6.07 Å². The number of anilines is 2. The van der Waals surface area contributed by atoms with Crippen LogP contribution in [-0.2, 0) is 22.6 Å². The highest BCUT2D eigenvalue weighted by atomic mass is 35.5. The van der Waals surface area contributed by atoms with Crippen LogP contribution in [0.4, 0.5) is 11.4 Å². The molecular formula is C44H46ClN7O5. The van der Waals surface area contributed by atoms with Crippen LogP contribution in [0, 0.1) is 22.7 Å². The van der Waals surface area contributed by atoms with Gasteiger partial charge in [-0.25, -0.2) is 0 Å². The first-order valence-corrected chi connectivity index (χ1v) is 20.6. The Kier molecular flexibility index (Phi) is 9.77. The fourth-order valence-electron chi connectivity index (χ4n) is 10.0. The second-order valence-electron chi connectivity index (χ2n) is 16.8. The average molecular weight is 788 g/mol. The molecule has 1 spiro atoms. The first kappa shape index (κ1) is 37.3. The lowest BCUT2D eigenvalue weighted by molar-refractivity contribution is -0.136. The highest BCUT2D eigenvalue weighted by Gasteiger charge is 2.45. The van der Waals surface area contributed by atoms with E-state index in [9.17, 15) is 29.2 Å². The van der Waals surface area contributed by atoms with Crippen LogP contribution in [0.5, 0.6) is 0 Å². The highest BCUT2D eigenvalue weighted by molar-refractivity contribution is 6.32. The molecule has 0 bridgehead atoms. The van der Waals surface area contributed by atoms with E-state index >= 15 is 0 Å². The summed E-state index contributed by atoms with van der Waals surface area (Å²) in [6.07, 6.45) is 6.23. The molecule has 57 heavy (non-hydrogen) atoms. The Labute approximate surface area is 337 Å². The Balaban J connectivity index is 0.746. The zero-order chi connectivity index (χ0) is 39.4. The van der Waals surface area contributed by atoms with Gasteiger partial charge in [0.15, 0.2) is 0 Å². The third kappa shape index (κ3) is 7.06. The maximum absolute atomic E-state index is 13.6. The first-order valence-electron chi connectivity index (χ1n) is 20.3. The molecule has 13 heteroatoms. The van der Waals surface area contributed by atoms with Gasteiger partial charge in [0.05, 0.1) is 21.7 Å². The van der Waals surface area contributed by atoms with Crippen molar-refractivity contribution >= 4 is 52.5 Å². The molecule has 3 aromatic rings. The lowest BCUT2D eigenvalue weighted by atomic mass is 9.77. The van der Waals surface area contributed by atoms with Gasteiger partial charge in [-0.15, -0.1) is 0 Å². The van der Waals surface area contributed by atoms with Crippen molar-refractivity contribution in [2.24, 2.45) is 11.3 Å². The Morgan fingerprint density at radius 1 is 0.789 bits per heavy atom. The number of hydrogen-bond donors (Lipinski definition) is 1. The zero-order valence-electron chi connectivity index (χ0n) is 32.0. The van der Waals surface area contributed by atoms with Gasteiger partial charge in [0.2, 0.25) is 11.8 Å². The van der Waals surface area contributed by atoms with Gasteiger partial charge in [-0.05, 0) is 122 Å². The van der Waals surface area contributed by atoms with Gasteiger partial charge in [-0.3, -0.25) is 39.1 Å². The van der Waals surface area contributed by atoms with E-state index in [1.807, 2.05) is 47.4 Å². The molecule has 294 valence electrons. The van der Waals surface area contributed by atoms with Crippen molar-refractivity contribution in [1.82, 2.24) is 20.0 Å². The second kappa shape index (κ2) is 14.9. The number of nitrogens with one attached hydrogen (secondary N) is 1. The number of carbonyl (C=O) groups excluding carboxylic acids is 5. The minimum atomic E-state index is -0.969. The van der Waals surface area contributed by atoms with E-state index in [0.717, 1.165) is 124 Å². The van der Waals surface area contributed by atoms with Gasteiger partial charge in [-0.2, -0.15) is 5.26 Å². The normalized spacial score (nSPS) is 22.5. The van der Waals surface area contributed by atoms with E-state index in [1.54, 1.807) is 0 Å². The number of carbonyl (C=O) groups is 5. The molecule has 12 nitrogen and oxygen atoms in total. The predicted molar refractivity (Wildman–Crippen MR) is 214 cm³/mol. The summed E-state index contributed by atoms with van der Waals surface area (Å²) in [5.74, 6) is -1.39. The van der Waals surface area contributed by atoms with E-state index in [4.69, 9.17) is 11.6 Å². The largest absolute Gasteiger partial charge is 0.371 e. The Bertz CT molecular complexity index is 2200. The smallest absolute Gasteiger partial charge is 0.262 e. The Morgan fingerprint density at radius 2 is 1.46 bits per heavy atom. The van der Waals surface area contributed by atoms with Crippen LogP contribution < -0.4 is 15.1 Å². The van der Waals surface area contributed by atoms with E-state index < -0.39 is 23.8 Å². The van der Waals surface area contributed by atoms with Crippen molar-refractivity contribution < 1.29 is 24.0 Å². The molecule has 4 saturated heterocycles. The predicted octanol–water partition coefficient (Wildman–Crippen LogP) is 5.02. The number of benzene rings is 3. The molecule has 9 rings (SSSR count). The van der Waals surface area contributed by atoms with Crippen molar-refractivity contribution in [3.05, 3.63) is 93.0 Å². The third-order valence-electron chi connectivity index (χ3n) is 13.4. The maximum atomic E-state index is 13.6. The first-order chi connectivity index (χ1) is 27.6. The van der Waals surface area contributed by atoms with E-state index in [2.05, 4.69) is 38.2 Å². The van der Waals surface area contributed by atoms with Gasteiger partial charge in [0.1, 0.15) is 12.1 Å². The summed E-state index contributed by atoms with van der Waals surface area (Å²) in [5, 5.41) is 12.0. The van der Waals surface area contributed by atoms with Crippen LogP contribution in [0.2, 0.25) is 5.02 Å². The van der Waals surface area contributed by atoms with Gasteiger partial charge in [-0.1, -0.05) is 11.6 Å². The lowest BCUT2D eigenvalue weighted by Crippen LogP contribution is -2.54. The summed E-state index contributed by atoms with van der Waals surface area (Å²) in [6.45, 7) is 7.82. The molecule has 4 fully saturated rings. The molecule has 0 aromatic heterocycles. The topological polar surface area (TPSA) is 137 Å². The van der Waals surface area contributed by atoms with Gasteiger partial charge in [0, 0.05) is 82.3 Å². The van der Waals surface area contributed by atoms with E-state index in [0.29, 0.717) is 34.2 Å². The van der Waals surface area contributed by atoms with Crippen LogP contribution >= 0.6 is 11.6 Å². The van der Waals surface area contributed by atoms with Crippen LogP contribution in [0.25, 0.3) is 0 Å². The minimum absolute atomic E-state index is 0.0814. The molecule has 0 saturated carbocycles. The summed E-state index contributed by atoms with van der Waals surface area (Å²) < 4.78 is 0. The summed E-state index contributed by atoms with van der Waals surface area (Å²) in [4.78, 5) is 74.7. The summed E-state index contributed by atoms with van der Waals surface area (Å²) in [7, 11) is 0. The van der Waals surface area contributed by atoms with Crippen molar-refractivity contribution in [2.75, 3.05) is 62.2 Å². The lowest BCUT2D eigenvalue weighted by Gasteiger charge is -2.40. The van der Waals surface area contributed by atoms with E-state index in [1.165, 1.54) is 0 Å². The number of hydrogen-bond acceptors (Lipinski definition) is 9. The summed E-state index contributed by atoms with van der Waals surface area (Å²) >= 11 is 6.33. The van der Waals surface area contributed by atoms with E-state index in [-0.39, 0.29) is 30.1 Å². The average Bonchev–Trinajstić information content (AvgIpc) is 3.74. The molecule has 5 amide bonds. The number of nitrogens with zero attached hydrogens (tertiary/aromatic N) is 6. The number of piperidine rings is 3. The third-order valence-corrected chi connectivity index (χ3v) is 13.8. The molecule has 6 aliphatic heterocycles. The number of amides is 5. The maximum Gasteiger partial charge on any atom is 0.262 e. The molecule has 6 aliphatic rings. The monoisotopic (exact) mass is 787 g/mol. The highest BCUT2D eigenvalue weighted by Crippen LogP contribution is 2.43. The van der Waals surface area contributed by atoms with Gasteiger partial charge in [0.25, 0.3) is 17.7 Å². The molecule has 3 aromatic carbocycles. The number of rotatable bonds is 6.